The Hall–Kier alpha value is -0.760. The second-order valence-corrected chi connectivity index (χ2v) is 4.46. The second kappa shape index (κ2) is 4.85. The molecule has 6 atom stereocenters. The fourth-order valence-corrected chi connectivity index (χ4v) is 2.35. The van der Waals surface area contributed by atoms with Crippen LogP contribution in [-0.4, -0.2) is 58.5 Å². The summed E-state index contributed by atoms with van der Waals surface area (Å²) >= 11 is 0. The highest BCUT2D eigenvalue weighted by atomic mass is 19.1. The first kappa shape index (κ1) is 12.7. The molecule has 0 aromatic carbocycles. The molecule has 6 nitrogen and oxygen atoms in total. The van der Waals surface area contributed by atoms with Crippen molar-refractivity contribution in [2.24, 2.45) is 5.92 Å². The van der Waals surface area contributed by atoms with Crippen LogP contribution in [0.2, 0.25) is 0 Å². The SMILES string of the molecule is O=C1N[C@@H](O)CCC1[C@@H]1O[C@H](CO)[C@@H](O)[C@@H]1F. The van der Waals surface area contributed by atoms with Gasteiger partial charge < -0.3 is 25.4 Å². The monoisotopic (exact) mass is 249 g/mol. The van der Waals surface area contributed by atoms with Gasteiger partial charge in [-0.25, -0.2) is 4.39 Å². The van der Waals surface area contributed by atoms with E-state index >= 15 is 0 Å². The van der Waals surface area contributed by atoms with Gasteiger partial charge in [0.25, 0.3) is 0 Å². The number of aliphatic hydroxyl groups excluding tert-OH is 3. The largest absolute Gasteiger partial charge is 0.394 e. The summed E-state index contributed by atoms with van der Waals surface area (Å²) in [6.07, 6.45) is -5.45. The van der Waals surface area contributed by atoms with Crippen LogP contribution in [0.4, 0.5) is 4.39 Å². The number of alkyl halides is 1. The third-order valence-electron chi connectivity index (χ3n) is 3.33. The number of hydrogen-bond donors (Lipinski definition) is 4. The van der Waals surface area contributed by atoms with E-state index < -0.39 is 49.1 Å². The molecule has 1 amide bonds. The molecule has 0 radical (unpaired) electrons. The molecule has 4 N–H and O–H groups in total. The Balaban J connectivity index is 2.05. The van der Waals surface area contributed by atoms with E-state index in [0.29, 0.717) is 12.8 Å². The quantitative estimate of drug-likeness (QED) is 0.467. The molecular formula is C10H16FNO5. The summed E-state index contributed by atoms with van der Waals surface area (Å²) in [5, 5.41) is 29.8. The third-order valence-corrected chi connectivity index (χ3v) is 3.33. The summed E-state index contributed by atoms with van der Waals surface area (Å²) in [6, 6.07) is 0. The Morgan fingerprint density at radius 1 is 1.41 bits per heavy atom. The number of ether oxygens (including phenoxy) is 1. The van der Waals surface area contributed by atoms with Crippen molar-refractivity contribution in [3.63, 3.8) is 0 Å². The van der Waals surface area contributed by atoms with Crippen LogP contribution in [0, 0.1) is 5.92 Å². The molecule has 2 fully saturated rings. The molecule has 2 aliphatic heterocycles. The van der Waals surface area contributed by atoms with Crippen LogP contribution in [0.15, 0.2) is 0 Å². The van der Waals surface area contributed by atoms with Gasteiger partial charge in [0.15, 0.2) is 6.17 Å². The van der Waals surface area contributed by atoms with Crippen molar-refractivity contribution in [1.29, 1.82) is 0 Å². The number of halogens is 1. The lowest BCUT2D eigenvalue weighted by molar-refractivity contribution is -0.139. The van der Waals surface area contributed by atoms with Gasteiger partial charge in [-0.1, -0.05) is 0 Å². The van der Waals surface area contributed by atoms with Crippen molar-refractivity contribution in [1.82, 2.24) is 5.32 Å². The normalized spacial score (nSPS) is 46.9. The zero-order chi connectivity index (χ0) is 12.6. The van der Waals surface area contributed by atoms with Crippen LogP contribution in [0.1, 0.15) is 12.8 Å². The lowest BCUT2D eigenvalue weighted by Crippen LogP contribution is -2.49. The van der Waals surface area contributed by atoms with Gasteiger partial charge in [0.1, 0.15) is 24.5 Å². The van der Waals surface area contributed by atoms with Crippen LogP contribution in [0.5, 0.6) is 0 Å². The van der Waals surface area contributed by atoms with Crippen molar-refractivity contribution >= 4 is 5.91 Å². The van der Waals surface area contributed by atoms with Gasteiger partial charge in [-0.05, 0) is 12.8 Å². The molecule has 0 aromatic heterocycles. The molecule has 0 saturated carbocycles. The maximum absolute atomic E-state index is 13.7. The van der Waals surface area contributed by atoms with E-state index in [1.54, 1.807) is 0 Å². The highest BCUT2D eigenvalue weighted by molar-refractivity contribution is 5.80. The van der Waals surface area contributed by atoms with Gasteiger partial charge in [-0.2, -0.15) is 0 Å². The summed E-state index contributed by atoms with van der Waals surface area (Å²) in [4.78, 5) is 11.6. The van der Waals surface area contributed by atoms with Crippen molar-refractivity contribution < 1.29 is 29.2 Å². The molecule has 2 heterocycles. The summed E-state index contributed by atoms with van der Waals surface area (Å²) < 4.78 is 18.9. The van der Waals surface area contributed by atoms with E-state index in [0.717, 1.165) is 0 Å². The number of piperidine rings is 1. The van der Waals surface area contributed by atoms with Crippen LogP contribution >= 0.6 is 0 Å². The molecule has 0 spiro atoms. The lowest BCUT2D eigenvalue weighted by atomic mass is 9.89. The fourth-order valence-electron chi connectivity index (χ4n) is 2.35. The third kappa shape index (κ3) is 2.28. The number of aliphatic hydroxyl groups is 3. The van der Waals surface area contributed by atoms with Crippen molar-refractivity contribution in [2.75, 3.05) is 6.61 Å². The molecule has 2 rings (SSSR count). The minimum Gasteiger partial charge on any atom is -0.394 e. The summed E-state index contributed by atoms with van der Waals surface area (Å²) in [5.74, 6) is -1.22. The first-order chi connectivity index (χ1) is 8.04. The Bertz CT molecular complexity index is 302. The molecule has 1 unspecified atom stereocenters. The van der Waals surface area contributed by atoms with Gasteiger partial charge in [-0.15, -0.1) is 0 Å². The van der Waals surface area contributed by atoms with Crippen molar-refractivity contribution in [2.45, 2.75) is 43.6 Å². The number of amides is 1. The zero-order valence-corrected chi connectivity index (χ0v) is 9.12. The molecule has 7 heteroatoms. The van der Waals surface area contributed by atoms with Gasteiger partial charge in [0.05, 0.1) is 12.5 Å². The van der Waals surface area contributed by atoms with Crippen LogP contribution < -0.4 is 5.32 Å². The molecule has 2 aliphatic rings. The van der Waals surface area contributed by atoms with Crippen molar-refractivity contribution in [3.8, 4) is 0 Å². The van der Waals surface area contributed by atoms with Crippen LogP contribution in [-0.2, 0) is 9.53 Å². The molecule has 0 aliphatic carbocycles. The van der Waals surface area contributed by atoms with E-state index in [9.17, 15) is 19.4 Å². The number of hydrogen-bond acceptors (Lipinski definition) is 5. The van der Waals surface area contributed by atoms with E-state index in [2.05, 4.69) is 5.32 Å². The maximum atomic E-state index is 13.7. The highest BCUT2D eigenvalue weighted by Gasteiger charge is 2.50. The van der Waals surface area contributed by atoms with Gasteiger partial charge in [-0.3, -0.25) is 4.79 Å². The van der Waals surface area contributed by atoms with Gasteiger partial charge in [0.2, 0.25) is 5.91 Å². The predicted molar refractivity (Wildman–Crippen MR) is 53.5 cm³/mol. The van der Waals surface area contributed by atoms with Crippen LogP contribution in [0.25, 0.3) is 0 Å². The molecule has 0 bridgehead atoms. The van der Waals surface area contributed by atoms with E-state index in [-0.39, 0.29) is 0 Å². The summed E-state index contributed by atoms with van der Waals surface area (Å²) in [7, 11) is 0. The van der Waals surface area contributed by atoms with E-state index in [1.807, 2.05) is 0 Å². The Morgan fingerprint density at radius 2 is 2.12 bits per heavy atom. The predicted octanol–water partition coefficient (Wildman–Crippen LogP) is -1.71. The average molecular weight is 249 g/mol. The van der Waals surface area contributed by atoms with Crippen LogP contribution in [0.3, 0.4) is 0 Å². The molecule has 98 valence electrons. The lowest BCUT2D eigenvalue weighted by Gasteiger charge is -2.30. The topological polar surface area (TPSA) is 99.0 Å². The second-order valence-electron chi connectivity index (χ2n) is 4.46. The minimum atomic E-state index is -1.70. The number of rotatable bonds is 2. The van der Waals surface area contributed by atoms with Gasteiger partial charge >= 0.3 is 0 Å². The first-order valence-electron chi connectivity index (χ1n) is 5.61. The summed E-state index contributed by atoms with van der Waals surface area (Å²) in [6.45, 7) is -0.491. The molecule has 0 aromatic rings. The van der Waals surface area contributed by atoms with E-state index in [4.69, 9.17) is 9.84 Å². The Labute approximate surface area is 97.4 Å². The fraction of sp³-hybridized carbons (Fsp3) is 0.900. The highest BCUT2D eigenvalue weighted by Crippen LogP contribution is 2.32. The number of carbonyl (C=O) groups is 1. The number of carbonyl (C=O) groups excluding carboxylic acids is 1. The zero-order valence-electron chi connectivity index (χ0n) is 9.12. The maximum Gasteiger partial charge on any atom is 0.227 e. The molecule has 17 heavy (non-hydrogen) atoms. The Kier molecular flexibility index (Phi) is 3.62. The molecule has 2 saturated heterocycles. The molecular weight excluding hydrogens is 233 g/mol. The van der Waals surface area contributed by atoms with Crippen molar-refractivity contribution in [3.05, 3.63) is 0 Å². The number of nitrogens with one attached hydrogen (secondary N) is 1. The summed E-state index contributed by atoms with van der Waals surface area (Å²) in [5.41, 5.74) is 0. The minimum absolute atomic E-state index is 0.295. The smallest absolute Gasteiger partial charge is 0.227 e. The van der Waals surface area contributed by atoms with E-state index in [1.165, 1.54) is 0 Å². The first-order valence-corrected chi connectivity index (χ1v) is 5.61. The van der Waals surface area contributed by atoms with Gasteiger partial charge in [0, 0.05) is 0 Å². The standard InChI is InChI=1S/C10H16FNO5/c11-7-8(15)5(3-13)17-9(7)4-1-2-6(14)12-10(4)16/h4-9,13-15H,1-3H2,(H,12,16)/t4?,5-,6+,7+,8-,9+/m1/s1. The Morgan fingerprint density at radius 3 is 2.65 bits per heavy atom. The average Bonchev–Trinajstić information content (AvgIpc) is 2.57.